The van der Waals surface area contributed by atoms with Crippen LogP contribution in [0.4, 0.5) is 13.2 Å². The fraction of sp³-hybridized carbons (Fsp3) is 0.316. The van der Waals surface area contributed by atoms with Gasteiger partial charge >= 0.3 is 12.1 Å². The number of phenolic OH excluding ortho intramolecular Hbond substituents is 1. The van der Waals surface area contributed by atoms with E-state index >= 15 is 0 Å². The Bertz CT molecular complexity index is 947. The van der Waals surface area contributed by atoms with Gasteiger partial charge in [-0.25, -0.2) is 4.79 Å². The number of carbonyl (C=O) groups excluding carboxylic acids is 1. The lowest BCUT2D eigenvalue weighted by Crippen LogP contribution is -2.43. The summed E-state index contributed by atoms with van der Waals surface area (Å²) < 4.78 is 47.0. The molecule has 2 N–H and O–H groups in total. The lowest BCUT2D eigenvalue weighted by atomic mass is 9.84. The zero-order valence-electron chi connectivity index (χ0n) is 14.7. The Morgan fingerprint density at radius 3 is 2.45 bits per heavy atom. The quantitative estimate of drug-likeness (QED) is 0.330. The molecule has 156 valence electrons. The van der Waals surface area contributed by atoms with Crippen molar-refractivity contribution in [2.24, 2.45) is 0 Å². The molecule has 1 fully saturated rings. The van der Waals surface area contributed by atoms with E-state index < -0.39 is 28.3 Å². The van der Waals surface area contributed by atoms with Crippen molar-refractivity contribution in [2.75, 3.05) is 13.1 Å². The van der Waals surface area contributed by atoms with Crippen LogP contribution in [0.15, 0.2) is 30.3 Å². The van der Waals surface area contributed by atoms with Crippen LogP contribution in [0.25, 0.3) is 0 Å². The van der Waals surface area contributed by atoms with Crippen LogP contribution in [0.2, 0.25) is 5.02 Å². The predicted molar refractivity (Wildman–Crippen MR) is 119 cm³/mol. The number of hydrogen-bond donors (Lipinski definition) is 2. The Morgan fingerprint density at radius 2 is 1.83 bits per heavy atom. The monoisotopic (exact) mass is 651 g/mol. The molecule has 1 saturated heterocycles. The van der Waals surface area contributed by atoms with E-state index in [1.165, 1.54) is 18.2 Å². The van der Waals surface area contributed by atoms with E-state index in [1.54, 1.807) is 6.07 Å². The first-order chi connectivity index (χ1) is 13.5. The van der Waals surface area contributed by atoms with Crippen LogP contribution < -0.4 is 5.32 Å². The number of alkyl halides is 3. The number of phenols is 1. The van der Waals surface area contributed by atoms with Crippen molar-refractivity contribution in [3.05, 3.63) is 59.2 Å². The zero-order chi connectivity index (χ0) is 21.4. The molecule has 0 aliphatic carbocycles. The topological polar surface area (TPSA) is 58.6 Å². The van der Waals surface area contributed by atoms with Crippen molar-refractivity contribution in [1.29, 1.82) is 0 Å². The van der Waals surface area contributed by atoms with Gasteiger partial charge in [-0.1, -0.05) is 17.7 Å². The third kappa shape index (κ3) is 4.93. The Balaban J connectivity index is 2.04. The number of aromatic hydroxyl groups is 1. The maximum Gasteiger partial charge on any atom is 0.417 e. The summed E-state index contributed by atoms with van der Waals surface area (Å²) in [5.74, 6) is -1.00. The molecule has 1 aliphatic rings. The fourth-order valence-electron chi connectivity index (χ4n) is 3.26. The Labute approximate surface area is 197 Å². The average molecular weight is 652 g/mol. The smallest absolute Gasteiger partial charge is 0.417 e. The third-order valence-electron chi connectivity index (χ3n) is 4.75. The molecule has 0 spiro atoms. The normalized spacial score (nSPS) is 16.5. The second-order valence-electron chi connectivity index (χ2n) is 6.61. The van der Waals surface area contributed by atoms with Gasteiger partial charge in [0.1, 0.15) is 16.9 Å². The number of piperidine rings is 1. The molecule has 10 heteroatoms. The van der Waals surface area contributed by atoms with Gasteiger partial charge in [0.2, 0.25) is 0 Å². The van der Waals surface area contributed by atoms with Crippen molar-refractivity contribution in [1.82, 2.24) is 5.32 Å². The zero-order valence-corrected chi connectivity index (χ0v) is 19.8. The van der Waals surface area contributed by atoms with Crippen LogP contribution >= 0.6 is 56.8 Å². The molecule has 0 atom stereocenters. The first kappa shape index (κ1) is 22.9. The lowest BCUT2D eigenvalue weighted by molar-refractivity contribution is -0.137. The summed E-state index contributed by atoms with van der Waals surface area (Å²) >= 11 is 9.66. The van der Waals surface area contributed by atoms with E-state index in [9.17, 15) is 23.1 Å². The molecule has 0 saturated carbocycles. The molecule has 2 aromatic carbocycles. The Hall–Kier alpha value is -0.790. The molecule has 3 rings (SSSR count). The van der Waals surface area contributed by atoms with Gasteiger partial charge in [-0.2, -0.15) is 13.2 Å². The van der Waals surface area contributed by atoms with Crippen LogP contribution in [0.1, 0.15) is 34.3 Å². The SMILES string of the molecule is O=C(OC1(c2ccc(Cl)c(C(F)(F)F)c2)CCNCC1)c1cc(I)cc(I)c1O. The summed E-state index contributed by atoms with van der Waals surface area (Å²) in [5, 5.41) is 13.0. The number of nitrogens with one attached hydrogen (secondary N) is 1. The highest BCUT2D eigenvalue weighted by Crippen LogP contribution is 2.42. The second-order valence-corrected chi connectivity index (χ2v) is 9.42. The van der Waals surface area contributed by atoms with Gasteiger partial charge in [0.25, 0.3) is 0 Å². The first-order valence-electron chi connectivity index (χ1n) is 8.53. The van der Waals surface area contributed by atoms with E-state index in [1.807, 2.05) is 45.2 Å². The van der Waals surface area contributed by atoms with Gasteiger partial charge in [-0.15, -0.1) is 0 Å². The molecule has 0 aromatic heterocycles. The predicted octanol–water partition coefficient (Wildman–Crippen LogP) is 5.71. The number of benzene rings is 2. The minimum Gasteiger partial charge on any atom is -0.506 e. The van der Waals surface area contributed by atoms with Crippen molar-refractivity contribution in [3.63, 3.8) is 0 Å². The summed E-state index contributed by atoms with van der Waals surface area (Å²) in [4.78, 5) is 12.9. The van der Waals surface area contributed by atoms with Gasteiger partial charge in [0.05, 0.1) is 14.2 Å². The molecular weight excluding hydrogens is 636 g/mol. The van der Waals surface area contributed by atoms with Crippen molar-refractivity contribution in [3.8, 4) is 5.75 Å². The molecule has 2 aromatic rings. The molecule has 4 nitrogen and oxygen atoms in total. The number of carbonyl (C=O) groups is 1. The second kappa shape index (κ2) is 8.75. The summed E-state index contributed by atoms with van der Waals surface area (Å²) in [6, 6.07) is 6.75. The largest absolute Gasteiger partial charge is 0.506 e. The number of esters is 1. The number of rotatable bonds is 3. The molecule has 0 unspecified atom stereocenters. The number of halogens is 6. The van der Waals surface area contributed by atoms with E-state index in [4.69, 9.17) is 16.3 Å². The lowest BCUT2D eigenvalue weighted by Gasteiger charge is -2.38. The van der Waals surface area contributed by atoms with Gasteiger partial charge in [0.15, 0.2) is 0 Å². The first-order valence-corrected chi connectivity index (χ1v) is 11.1. The molecule has 1 heterocycles. The highest BCUT2D eigenvalue weighted by molar-refractivity contribution is 14.1. The molecule has 29 heavy (non-hydrogen) atoms. The van der Waals surface area contributed by atoms with Crippen LogP contribution in [0, 0.1) is 7.14 Å². The van der Waals surface area contributed by atoms with Gasteiger partial charge in [-0.05, 0) is 88.1 Å². The summed E-state index contributed by atoms with van der Waals surface area (Å²) in [7, 11) is 0. The van der Waals surface area contributed by atoms with Crippen LogP contribution in [0.3, 0.4) is 0 Å². The highest BCUT2D eigenvalue weighted by Gasteiger charge is 2.41. The Kier molecular flexibility index (Phi) is 6.91. The molecule has 0 bridgehead atoms. The average Bonchev–Trinajstić information content (AvgIpc) is 2.64. The minimum atomic E-state index is -4.63. The van der Waals surface area contributed by atoms with Crippen LogP contribution in [-0.2, 0) is 16.5 Å². The maximum atomic E-state index is 13.4. The van der Waals surface area contributed by atoms with Crippen molar-refractivity contribution in [2.45, 2.75) is 24.6 Å². The van der Waals surface area contributed by atoms with Crippen molar-refractivity contribution < 1.29 is 27.8 Å². The standard InChI is InChI=1S/C19H15ClF3I2NO3/c20-14-2-1-10(7-13(14)19(21,22)23)18(3-5-26-6-4-18)29-17(28)12-8-11(24)9-15(25)16(12)27/h1-2,7-9,26-27H,3-6H2. The molecule has 0 radical (unpaired) electrons. The molecular formula is C19H15ClF3I2NO3. The summed E-state index contributed by atoms with van der Waals surface area (Å²) in [5.41, 5.74) is -2.03. The van der Waals surface area contributed by atoms with E-state index in [0.29, 0.717) is 29.5 Å². The van der Waals surface area contributed by atoms with Crippen LogP contribution in [0.5, 0.6) is 5.75 Å². The minimum absolute atomic E-state index is 0.0239. The Morgan fingerprint density at radius 1 is 1.17 bits per heavy atom. The number of hydrogen-bond acceptors (Lipinski definition) is 4. The van der Waals surface area contributed by atoms with E-state index in [2.05, 4.69) is 5.32 Å². The number of ether oxygens (including phenoxy) is 1. The van der Waals surface area contributed by atoms with Gasteiger partial charge in [0, 0.05) is 16.4 Å². The van der Waals surface area contributed by atoms with Gasteiger partial charge in [-0.3, -0.25) is 0 Å². The van der Waals surface area contributed by atoms with E-state index in [-0.39, 0.29) is 16.9 Å². The van der Waals surface area contributed by atoms with Crippen molar-refractivity contribution >= 4 is 62.8 Å². The molecule has 0 amide bonds. The van der Waals surface area contributed by atoms with Gasteiger partial charge < -0.3 is 15.2 Å². The third-order valence-corrected chi connectivity index (χ3v) is 6.52. The molecule has 1 aliphatic heterocycles. The highest BCUT2D eigenvalue weighted by atomic mass is 127. The summed E-state index contributed by atoms with van der Waals surface area (Å²) in [6.07, 6.45) is -4.05. The summed E-state index contributed by atoms with van der Waals surface area (Å²) in [6.45, 7) is 0.931. The van der Waals surface area contributed by atoms with Crippen LogP contribution in [-0.4, -0.2) is 24.2 Å². The van der Waals surface area contributed by atoms with E-state index in [0.717, 1.165) is 9.64 Å². The maximum absolute atomic E-state index is 13.4. The fourth-order valence-corrected chi connectivity index (χ4v) is 5.33.